The summed E-state index contributed by atoms with van der Waals surface area (Å²) in [5.41, 5.74) is 2.33. The number of amides is 1. The van der Waals surface area contributed by atoms with Crippen molar-refractivity contribution in [1.82, 2.24) is 14.5 Å². The van der Waals surface area contributed by atoms with Gasteiger partial charge in [-0.05, 0) is 50.5 Å². The standard InChI is InChI=1S/C22H23N3O2S/c1-15-9-3-6-12-19(15)25-21(27)17-10-4-5-11-18(17)23-22(25)28-16(2)20(26)24-13-7-8-14-24/h3-6,9-12,16H,7-8,13-14H2,1-2H3/t16-/m0/s1. The molecule has 1 amide bonds. The minimum absolute atomic E-state index is 0.108. The largest absolute Gasteiger partial charge is 0.342 e. The monoisotopic (exact) mass is 393 g/mol. The van der Waals surface area contributed by atoms with Crippen LogP contribution < -0.4 is 5.56 Å². The molecule has 0 saturated carbocycles. The molecular formula is C22H23N3O2S. The van der Waals surface area contributed by atoms with Gasteiger partial charge in [0, 0.05) is 13.1 Å². The maximum atomic E-state index is 13.3. The van der Waals surface area contributed by atoms with E-state index in [1.54, 1.807) is 10.6 Å². The number of hydrogen-bond donors (Lipinski definition) is 0. The second-order valence-electron chi connectivity index (χ2n) is 7.13. The van der Waals surface area contributed by atoms with Crippen LogP contribution in [0.4, 0.5) is 0 Å². The highest BCUT2D eigenvalue weighted by Gasteiger charge is 2.26. The van der Waals surface area contributed by atoms with Crippen LogP contribution in [-0.4, -0.2) is 38.7 Å². The van der Waals surface area contributed by atoms with Crippen LogP contribution in [0, 0.1) is 6.92 Å². The van der Waals surface area contributed by atoms with Crippen LogP contribution in [0.1, 0.15) is 25.3 Å². The molecule has 1 saturated heterocycles. The van der Waals surface area contributed by atoms with E-state index in [4.69, 9.17) is 4.98 Å². The number of aromatic nitrogens is 2. The average Bonchev–Trinajstić information content (AvgIpc) is 3.23. The van der Waals surface area contributed by atoms with E-state index in [0.29, 0.717) is 16.1 Å². The summed E-state index contributed by atoms with van der Waals surface area (Å²) in [6.07, 6.45) is 2.12. The highest BCUT2D eigenvalue weighted by atomic mass is 32.2. The molecule has 0 unspecified atom stereocenters. The molecule has 1 aromatic heterocycles. The molecule has 0 radical (unpaired) electrons. The van der Waals surface area contributed by atoms with Gasteiger partial charge in [-0.2, -0.15) is 0 Å². The van der Waals surface area contributed by atoms with E-state index in [-0.39, 0.29) is 16.7 Å². The fourth-order valence-electron chi connectivity index (χ4n) is 3.62. The number of thioether (sulfide) groups is 1. The first-order chi connectivity index (χ1) is 13.6. The normalized spacial score (nSPS) is 15.1. The Bertz CT molecular complexity index is 1090. The summed E-state index contributed by atoms with van der Waals surface area (Å²) in [5, 5.41) is 0.827. The fraction of sp³-hybridized carbons (Fsp3) is 0.318. The van der Waals surface area contributed by atoms with Gasteiger partial charge in [-0.1, -0.05) is 42.1 Å². The number of hydrogen-bond acceptors (Lipinski definition) is 4. The van der Waals surface area contributed by atoms with Crippen LogP contribution in [0.25, 0.3) is 16.6 Å². The van der Waals surface area contributed by atoms with Crippen LogP contribution in [0.2, 0.25) is 0 Å². The van der Waals surface area contributed by atoms with E-state index in [9.17, 15) is 9.59 Å². The third-order valence-electron chi connectivity index (χ3n) is 5.15. The Morgan fingerprint density at radius 1 is 1.07 bits per heavy atom. The van der Waals surface area contributed by atoms with Crippen LogP contribution in [0.3, 0.4) is 0 Å². The molecule has 2 heterocycles. The molecule has 4 rings (SSSR count). The van der Waals surface area contributed by atoms with Crippen molar-refractivity contribution in [2.24, 2.45) is 0 Å². The quantitative estimate of drug-likeness (QED) is 0.500. The number of benzene rings is 2. The van der Waals surface area contributed by atoms with Crippen molar-refractivity contribution in [3.63, 3.8) is 0 Å². The summed E-state index contributed by atoms with van der Waals surface area (Å²) >= 11 is 1.36. The predicted octanol–water partition coefficient (Wildman–Crippen LogP) is 3.80. The Kier molecular flexibility index (Phi) is 5.22. The van der Waals surface area contributed by atoms with Crippen molar-refractivity contribution in [3.05, 3.63) is 64.4 Å². The molecule has 1 fully saturated rings. The number of carbonyl (C=O) groups excluding carboxylic acids is 1. The van der Waals surface area contributed by atoms with Crippen molar-refractivity contribution >= 4 is 28.6 Å². The summed E-state index contributed by atoms with van der Waals surface area (Å²) in [6.45, 7) is 5.51. The topological polar surface area (TPSA) is 55.2 Å². The third-order valence-corrected chi connectivity index (χ3v) is 6.19. The number of rotatable bonds is 4. The molecule has 1 aliphatic rings. The van der Waals surface area contributed by atoms with E-state index in [2.05, 4.69) is 0 Å². The van der Waals surface area contributed by atoms with Gasteiger partial charge >= 0.3 is 0 Å². The Morgan fingerprint density at radius 2 is 1.75 bits per heavy atom. The van der Waals surface area contributed by atoms with Gasteiger partial charge in [-0.25, -0.2) is 4.98 Å². The van der Waals surface area contributed by atoms with E-state index in [1.165, 1.54) is 11.8 Å². The number of aryl methyl sites for hydroxylation is 1. The third kappa shape index (κ3) is 3.44. The number of para-hydroxylation sites is 2. The Morgan fingerprint density at radius 3 is 2.50 bits per heavy atom. The molecule has 144 valence electrons. The van der Waals surface area contributed by atoms with E-state index >= 15 is 0 Å². The Balaban J connectivity index is 1.82. The van der Waals surface area contributed by atoms with Crippen LogP contribution in [0.15, 0.2) is 58.5 Å². The van der Waals surface area contributed by atoms with Gasteiger partial charge in [0.1, 0.15) is 0 Å². The molecule has 0 spiro atoms. The van der Waals surface area contributed by atoms with Gasteiger partial charge in [-0.15, -0.1) is 0 Å². The van der Waals surface area contributed by atoms with Crippen LogP contribution in [-0.2, 0) is 4.79 Å². The molecule has 28 heavy (non-hydrogen) atoms. The second-order valence-corrected chi connectivity index (χ2v) is 8.44. The van der Waals surface area contributed by atoms with E-state index in [1.807, 2.05) is 61.2 Å². The number of carbonyl (C=O) groups is 1. The van der Waals surface area contributed by atoms with Gasteiger partial charge in [0.05, 0.1) is 21.8 Å². The van der Waals surface area contributed by atoms with Gasteiger partial charge in [0.15, 0.2) is 5.16 Å². The lowest BCUT2D eigenvalue weighted by Crippen LogP contribution is -2.34. The molecule has 1 atom stereocenters. The summed E-state index contributed by atoms with van der Waals surface area (Å²) in [4.78, 5) is 32.8. The second kappa shape index (κ2) is 7.80. The Hall–Kier alpha value is -2.60. The van der Waals surface area contributed by atoms with Gasteiger partial charge < -0.3 is 4.90 Å². The molecule has 2 aromatic carbocycles. The van der Waals surface area contributed by atoms with Gasteiger partial charge in [0.25, 0.3) is 5.56 Å². The molecule has 1 aliphatic heterocycles. The predicted molar refractivity (Wildman–Crippen MR) is 113 cm³/mol. The van der Waals surface area contributed by atoms with Gasteiger partial charge in [0.2, 0.25) is 5.91 Å². The van der Waals surface area contributed by atoms with E-state index < -0.39 is 0 Å². The summed E-state index contributed by atoms with van der Waals surface area (Å²) in [6, 6.07) is 15.1. The first-order valence-corrected chi connectivity index (χ1v) is 10.5. The minimum atomic E-state index is -0.304. The van der Waals surface area contributed by atoms with E-state index in [0.717, 1.165) is 37.2 Å². The average molecular weight is 394 g/mol. The van der Waals surface area contributed by atoms with Crippen LogP contribution >= 0.6 is 11.8 Å². The first kappa shape index (κ1) is 18.7. The molecule has 3 aromatic rings. The first-order valence-electron chi connectivity index (χ1n) is 9.59. The lowest BCUT2D eigenvalue weighted by Gasteiger charge is -2.21. The molecule has 0 N–H and O–H groups in total. The summed E-state index contributed by atoms with van der Waals surface area (Å²) in [7, 11) is 0. The number of likely N-dealkylation sites (tertiary alicyclic amines) is 1. The summed E-state index contributed by atoms with van der Waals surface area (Å²) < 4.78 is 1.65. The number of nitrogens with zero attached hydrogens (tertiary/aromatic N) is 3. The zero-order valence-electron chi connectivity index (χ0n) is 16.1. The molecule has 0 aliphatic carbocycles. The van der Waals surface area contributed by atoms with Crippen LogP contribution in [0.5, 0.6) is 0 Å². The SMILES string of the molecule is Cc1ccccc1-n1c(S[C@@H](C)C(=O)N2CCCC2)nc2ccccc2c1=O. The van der Waals surface area contributed by atoms with Crippen molar-refractivity contribution in [3.8, 4) is 5.69 Å². The van der Waals surface area contributed by atoms with Crippen molar-refractivity contribution < 1.29 is 4.79 Å². The van der Waals surface area contributed by atoms with Crippen molar-refractivity contribution in [2.45, 2.75) is 37.1 Å². The maximum Gasteiger partial charge on any atom is 0.266 e. The van der Waals surface area contributed by atoms with Crippen molar-refractivity contribution in [2.75, 3.05) is 13.1 Å². The molecular weight excluding hydrogens is 370 g/mol. The van der Waals surface area contributed by atoms with Crippen molar-refractivity contribution in [1.29, 1.82) is 0 Å². The van der Waals surface area contributed by atoms with Gasteiger partial charge in [-0.3, -0.25) is 14.2 Å². The molecule has 5 nitrogen and oxygen atoms in total. The molecule has 6 heteroatoms. The number of fused-ring (bicyclic) bond motifs is 1. The zero-order chi connectivity index (χ0) is 19.7. The fourth-order valence-corrected chi connectivity index (χ4v) is 4.63. The molecule has 0 bridgehead atoms. The lowest BCUT2D eigenvalue weighted by molar-refractivity contribution is -0.129. The smallest absolute Gasteiger partial charge is 0.266 e. The zero-order valence-corrected chi connectivity index (χ0v) is 16.9. The lowest BCUT2D eigenvalue weighted by atomic mass is 10.2. The maximum absolute atomic E-state index is 13.3. The highest BCUT2D eigenvalue weighted by Crippen LogP contribution is 2.27. The summed E-state index contributed by atoms with van der Waals surface area (Å²) in [5.74, 6) is 0.112. The Labute approximate surface area is 168 Å². The highest BCUT2D eigenvalue weighted by molar-refractivity contribution is 8.00. The minimum Gasteiger partial charge on any atom is -0.342 e.